The Balaban J connectivity index is 1.20. The summed E-state index contributed by atoms with van der Waals surface area (Å²) in [7, 11) is -3.90. The fraction of sp³-hybridized carbons (Fsp3) is 0.500. The Morgan fingerprint density at radius 1 is 1.14 bits per heavy atom. The number of ether oxygens (including phenoxy) is 1. The van der Waals surface area contributed by atoms with Crippen molar-refractivity contribution in [2.45, 2.75) is 93.7 Å². The van der Waals surface area contributed by atoms with Gasteiger partial charge in [-0.05, 0) is 57.6 Å². The lowest BCUT2D eigenvalue weighted by Gasteiger charge is -2.29. The summed E-state index contributed by atoms with van der Waals surface area (Å²) in [4.78, 5) is 69.5. The summed E-state index contributed by atoms with van der Waals surface area (Å²) < 4.78 is 48.6. The van der Waals surface area contributed by atoms with E-state index >= 15 is 0 Å². The average molecular weight is 740 g/mol. The van der Waals surface area contributed by atoms with Crippen molar-refractivity contribution in [1.29, 1.82) is 0 Å². The number of hydrogen-bond acceptors (Lipinski definition) is 11. The van der Waals surface area contributed by atoms with Gasteiger partial charge in [0.2, 0.25) is 27.7 Å². The van der Waals surface area contributed by atoms with Gasteiger partial charge >= 0.3 is 0 Å². The fourth-order valence-corrected chi connectivity index (χ4v) is 8.69. The Labute approximate surface area is 297 Å². The molecule has 1 saturated heterocycles. The van der Waals surface area contributed by atoms with Crippen molar-refractivity contribution in [1.82, 2.24) is 35.2 Å². The van der Waals surface area contributed by atoms with E-state index in [4.69, 9.17) is 4.74 Å². The molecule has 17 heteroatoms. The lowest BCUT2D eigenvalue weighted by Crippen LogP contribution is -2.58. The average Bonchev–Trinajstić information content (AvgIpc) is 3.95. The third-order valence-corrected chi connectivity index (χ3v) is 12.3. The maximum atomic E-state index is 14.6. The van der Waals surface area contributed by atoms with Crippen LogP contribution >= 0.6 is 11.3 Å². The molecular formula is C34H38FN7O7S2. The number of nitrogens with zero attached hydrogens (tertiary/aromatic N) is 4. The Bertz CT molecular complexity index is 2010. The van der Waals surface area contributed by atoms with Crippen molar-refractivity contribution < 1.29 is 36.7 Å². The summed E-state index contributed by atoms with van der Waals surface area (Å²) in [5.41, 5.74) is 0.873. The Hall–Kier alpha value is -4.51. The molecular weight excluding hydrogens is 702 g/mol. The van der Waals surface area contributed by atoms with Gasteiger partial charge in [0.05, 0.1) is 22.8 Å². The van der Waals surface area contributed by atoms with Crippen LogP contribution in [0.2, 0.25) is 0 Å². The summed E-state index contributed by atoms with van der Waals surface area (Å²) in [6.07, 6.45) is 7.16. The summed E-state index contributed by atoms with van der Waals surface area (Å²) in [6.45, 7) is 1.57. The number of para-hydroxylation sites is 1. The SMILES string of the molecule is Cc1nc2cccc(F)c2nc1O[C@@H]1C[C@H]2C(=O)N[C@]3(C(=O)NS(=O)(=O)C4CC4)CC3/C=C\CCCCC[C@H](NC(=O)c3cscn3)C(=O)N2C1. The quantitative estimate of drug-likeness (QED) is 0.304. The normalized spacial score (nSPS) is 27.7. The van der Waals surface area contributed by atoms with Crippen LogP contribution < -0.4 is 20.1 Å². The molecule has 14 nitrogen and oxygen atoms in total. The van der Waals surface area contributed by atoms with Crippen LogP contribution in [0.1, 0.15) is 74.0 Å². The number of rotatable bonds is 7. The number of nitrogens with one attached hydrogen (secondary N) is 3. The number of allylic oxidation sites excluding steroid dienone is 1. The van der Waals surface area contributed by atoms with Crippen molar-refractivity contribution in [3.8, 4) is 5.88 Å². The lowest BCUT2D eigenvalue weighted by molar-refractivity contribution is -0.141. The van der Waals surface area contributed by atoms with Gasteiger partial charge in [-0.25, -0.2) is 27.8 Å². The van der Waals surface area contributed by atoms with Crippen LogP contribution in [-0.4, -0.2) is 87.4 Å². The first-order valence-corrected chi connectivity index (χ1v) is 19.6. The second-order valence-corrected chi connectivity index (χ2v) is 16.3. The third-order valence-electron chi connectivity index (χ3n) is 9.87. The number of amides is 4. The van der Waals surface area contributed by atoms with E-state index in [0.29, 0.717) is 43.3 Å². The van der Waals surface area contributed by atoms with Crippen molar-refractivity contribution in [3.05, 3.63) is 58.4 Å². The van der Waals surface area contributed by atoms with E-state index in [2.05, 4.69) is 30.3 Å². The van der Waals surface area contributed by atoms with Gasteiger partial charge in [-0.3, -0.25) is 23.9 Å². The van der Waals surface area contributed by atoms with Gasteiger partial charge in [-0.1, -0.05) is 31.1 Å². The van der Waals surface area contributed by atoms with Crippen molar-refractivity contribution >= 4 is 56.0 Å². The van der Waals surface area contributed by atoms with Gasteiger partial charge < -0.3 is 20.3 Å². The number of aromatic nitrogens is 3. The van der Waals surface area contributed by atoms with E-state index in [1.54, 1.807) is 18.4 Å². The minimum absolute atomic E-state index is 0.00603. The molecule has 3 fully saturated rings. The minimum Gasteiger partial charge on any atom is -0.471 e. The summed E-state index contributed by atoms with van der Waals surface area (Å²) in [5.74, 6) is -3.53. The topological polar surface area (TPSA) is 190 Å². The van der Waals surface area contributed by atoms with Gasteiger partial charge in [0.1, 0.15) is 40.6 Å². The van der Waals surface area contributed by atoms with E-state index in [0.717, 1.165) is 12.8 Å². The predicted octanol–water partition coefficient (Wildman–Crippen LogP) is 2.68. The van der Waals surface area contributed by atoms with Crippen molar-refractivity contribution in [2.24, 2.45) is 5.92 Å². The molecule has 2 aromatic heterocycles. The lowest BCUT2D eigenvalue weighted by atomic mass is 10.0. The predicted molar refractivity (Wildman–Crippen MR) is 183 cm³/mol. The zero-order chi connectivity index (χ0) is 35.9. The van der Waals surface area contributed by atoms with Crippen LogP contribution in [0.5, 0.6) is 5.88 Å². The maximum Gasteiger partial charge on any atom is 0.271 e. The molecule has 1 aromatic carbocycles. The van der Waals surface area contributed by atoms with Gasteiger partial charge in [0.15, 0.2) is 5.82 Å². The molecule has 3 aromatic rings. The molecule has 4 heterocycles. The Morgan fingerprint density at radius 3 is 2.73 bits per heavy atom. The van der Waals surface area contributed by atoms with Gasteiger partial charge in [-0.2, -0.15) is 0 Å². The van der Waals surface area contributed by atoms with Crippen molar-refractivity contribution in [3.63, 3.8) is 0 Å². The summed E-state index contributed by atoms with van der Waals surface area (Å²) in [6, 6.07) is 2.25. The van der Waals surface area contributed by atoms with E-state index < -0.39 is 74.4 Å². The molecule has 4 aliphatic rings. The van der Waals surface area contributed by atoms with Gasteiger partial charge in [0, 0.05) is 17.7 Å². The summed E-state index contributed by atoms with van der Waals surface area (Å²) >= 11 is 1.24. The van der Waals surface area contributed by atoms with E-state index in [1.807, 2.05) is 12.2 Å². The van der Waals surface area contributed by atoms with Crippen LogP contribution in [-0.2, 0) is 24.4 Å². The zero-order valence-corrected chi connectivity index (χ0v) is 29.5. The molecule has 2 saturated carbocycles. The smallest absolute Gasteiger partial charge is 0.271 e. The zero-order valence-electron chi connectivity index (χ0n) is 27.8. The van der Waals surface area contributed by atoms with E-state index in [9.17, 15) is 32.0 Å². The molecule has 5 atom stereocenters. The highest BCUT2D eigenvalue weighted by molar-refractivity contribution is 7.91. The first kappa shape index (κ1) is 34.9. The highest BCUT2D eigenvalue weighted by Crippen LogP contribution is 2.46. The highest BCUT2D eigenvalue weighted by Gasteiger charge is 2.62. The van der Waals surface area contributed by atoms with Gasteiger partial charge in [-0.15, -0.1) is 11.3 Å². The van der Waals surface area contributed by atoms with Gasteiger partial charge in [0.25, 0.3) is 11.8 Å². The standard InChI is InChI=1S/C34H38FN7O7S2/c1-19-31(39-28-23(35)9-7-11-24(28)37-19)49-21-14-27-30(44)40-34(33(46)41-51(47,48)22-12-13-22)15-20(34)8-5-3-2-4-6-10-25(32(45)42(27)16-21)38-29(43)26-17-50-18-36-26/h5,7-9,11,17-18,20-22,25,27H,2-4,6,10,12-16H2,1H3,(H,38,43)(H,40,44)(H,41,46)/b8-5-/t20?,21-,25+,27+,34-/m1/s1. The molecule has 0 radical (unpaired) electrons. The molecule has 4 amide bonds. The fourth-order valence-electron chi connectivity index (χ4n) is 6.79. The number of hydrogen-bond donors (Lipinski definition) is 3. The van der Waals surface area contributed by atoms with E-state index in [1.165, 1.54) is 33.9 Å². The maximum absolute atomic E-state index is 14.6. The first-order chi connectivity index (χ1) is 24.4. The van der Waals surface area contributed by atoms with E-state index in [-0.39, 0.29) is 36.5 Å². The number of carbonyl (C=O) groups excluding carboxylic acids is 4. The molecule has 0 bridgehead atoms. The number of fused-ring (bicyclic) bond motifs is 3. The molecule has 2 aliphatic heterocycles. The van der Waals surface area contributed by atoms with Crippen LogP contribution in [0.4, 0.5) is 4.39 Å². The molecule has 51 heavy (non-hydrogen) atoms. The number of benzene rings is 1. The highest BCUT2D eigenvalue weighted by atomic mass is 32.2. The van der Waals surface area contributed by atoms with Crippen LogP contribution in [0.3, 0.4) is 0 Å². The minimum atomic E-state index is -3.90. The van der Waals surface area contributed by atoms with Crippen LogP contribution in [0.25, 0.3) is 11.0 Å². The molecule has 3 N–H and O–H groups in total. The second kappa shape index (κ2) is 13.9. The Morgan fingerprint density at radius 2 is 1.96 bits per heavy atom. The molecule has 270 valence electrons. The first-order valence-electron chi connectivity index (χ1n) is 17.1. The molecule has 2 aliphatic carbocycles. The van der Waals surface area contributed by atoms with Crippen molar-refractivity contribution in [2.75, 3.05) is 6.54 Å². The number of thiazole rings is 1. The molecule has 0 spiro atoms. The third kappa shape index (κ3) is 7.31. The van der Waals surface area contributed by atoms with Crippen LogP contribution in [0, 0.1) is 18.7 Å². The number of carbonyl (C=O) groups is 4. The second-order valence-electron chi connectivity index (χ2n) is 13.6. The monoisotopic (exact) mass is 739 g/mol. The largest absolute Gasteiger partial charge is 0.471 e. The molecule has 1 unspecified atom stereocenters. The number of aryl methyl sites for hydroxylation is 1. The summed E-state index contributed by atoms with van der Waals surface area (Å²) in [5, 5.41) is 6.57. The number of halogens is 1. The van der Waals surface area contributed by atoms with Crippen LogP contribution in [0.15, 0.2) is 41.2 Å². The molecule has 7 rings (SSSR count). The Kier molecular flexibility index (Phi) is 9.52. The number of sulfonamides is 1.